The predicted molar refractivity (Wildman–Crippen MR) is 83.6 cm³/mol. The Morgan fingerprint density at radius 1 is 1.00 bits per heavy atom. The number of benzene rings is 2. The number of nitrogens with two attached hydrogens (primary N) is 1. The Labute approximate surface area is 120 Å². The minimum absolute atomic E-state index is 0.105. The maximum absolute atomic E-state index is 5.97. The van der Waals surface area contributed by atoms with Crippen molar-refractivity contribution in [3.8, 4) is 0 Å². The highest BCUT2D eigenvalue weighted by Crippen LogP contribution is 2.02. The molecule has 0 aliphatic heterocycles. The van der Waals surface area contributed by atoms with Crippen LogP contribution in [0, 0.1) is 0 Å². The Bertz CT molecular complexity index is 519. The maximum atomic E-state index is 5.97. The molecular weight excluding hydrogens is 249 g/mol. The van der Waals surface area contributed by atoms with E-state index in [1.165, 1.54) is 0 Å². The first-order valence-electron chi connectivity index (χ1n) is 6.80. The molecule has 2 aromatic rings. The molecule has 4 heteroatoms. The van der Waals surface area contributed by atoms with Crippen molar-refractivity contribution < 1.29 is 9.39 Å². The molecule has 0 aromatic heterocycles. The Kier molecular flexibility index (Phi) is 5.80. The highest BCUT2D eigenvalue weighted by Gasteiger charge is 2.23. The highest BCUT2D eigenvalue weighted by atomic mass is 16.5. The van der Waals surface area contributed by atoms with Gasteiger partial charge in [0.25, 0.3) is 0 Å². The third-order valence-electron chi connectivity index (χ3n) is 3.14. The lowest BCUT2D eigenvalue weighted by atomic mass is 9.54. The molecule has 0 unspecified atom stereocenters. The number of methoxy groups -OCH3 is 1. The molecule has 0 aliphatic rings. The minimum atomic E-state index is -0.105. The molecule has 2 N–H and O–H groups in total. The molecule has 0 atom stereocenters. The van der Waals surface area contributed by atoms with E-state index >= 15 is 0 Å². The van der Waals surface area contributed by atoms with Crippen molar-refractivity contribution in [3.63, 3.8) is 0 Å². The summed E-state index contributed by atoms with van der Waals surface area (Å²) < 4.78 is 11.2. The lowest BCUT2D eigenvalue weighted by Gasteiger charge is -2.18. The first-order valence-corrected chi connectivity index (χ1v) is 6.80. The Morgan fingerprint density at radius 3 is 2.40 bits per heavy atom. The van der Waals surface area contributed by atoms with Gasteiger partial charge in [-0.3, -0.25) is 0 Å². The van der Waals surface area contributed by atoms with E-state index in [1.54, 1.807) is 7.11 Å². The van der Waals surface area contributed by atoms with Crippen LogP contribution >= 0.6 is 0 Å². The lowest BCUT2D eigenvalue weighted by molar-refractivity contribution is 0.185. The van der Waals surface area contributed by atoms with Crippen molar-refractivity contribution in [2.24, 2.45) is 5.73 Å². The van der Waals surface area contributed by atoms with Gasteiger partial charge in [-0.1, -0.05) is 54.6 Å². The fourth-order valence-electron chi connectivity index (χ4n) is 2.26. The number of rotatable bonds is 7. The first kappa shape index (κ1) is 14.8. The molecule has 0 heterocycles. The van der Waals surface area contributed by atoms with Gasteiger partial charge in [-0.25, -0.2) is 0 Å². The summed E-state index contributed by atoms with van der Waals surface area (Å²) in [6.07, 6.45) is 0. The zero-order valence-corrected chi connectivity index (χ0v) is 11.8. The van der Waals surface area contributed by atoms with Gasteiger partial charge in [0.1, 0.15) is 0 Å². The van der Waals surface area contributed by atoms with E-state index in [2.05, 4.69) is 24.3 Å². The quantitative estimate of drug-likeness (QED) is 0.760. The molecule has 20 heavy (non-hydrogen) atoms. The molecule has 0 saturated carbocycles. The summed E-state index contributed by atoms with van der Waals surface area (Å²) in [6.45, 7) is 1.51. The summed E-state index contributed by atoms with van der Waals surface area (Å²) in [5.41, 5.74) is 8.98. The van der Waals surface area contributed by atoms with Gasteiger partial charge in [0.2, 0.25) is 0 Å². The second-order valence-electron chi connectivity index (χ2n) is 4.58. The highest BCUT2D eigenvalue weighted by molar-refractivity contribution is 6.80. The lowest BCUT2D eigenvalue weighted by Crippen LogP contribution is -2.47. The van der Waals surface area contributed by atoms with Crippen molar-refractivity contribution >= 4 is 17.8 Å². The topological polar surface area (TPSA) is 44.5 Å². The van der Waals surface area contributed by atoms with E-state index < -0.39 is 0 Å². The average molecular weight is 269 g/mol. The summed E-state index contributed by atoms with van der Waals surface area (Å²) in [5.74, 6) is 0. The Hall–Kier alpha value is -1.62. The SMILES string of the molecule is COCc1ccccc1B(OCCN)c1ccccc1. The van der Waals surface area contributed by atoms with Gasteiger partial charge in [0.05, 0.1) is 6.61 Å². The van der Waals surface area contributed by atoms with E-state index in [1.807, 2.05) is 30.3 Å². The fraction of sp³-hybridized carbons (Fsp3) is 0.250. The van der Waals surface area contributed by atoms with Gasteiger partial charge in [-0.15, -0.1) is 0 Å². The fourth-order valence-corrected chi connectivity index (χ4v) is 2.26. The average Bonchev–Trinajstić information content (AvgIpc) is 2.50. The monoisotopic (exact) mass is 269 g/mol. The van der Waals surface area contributed by atoms with E-state index in [0.717, 1.165) is 16.5 Å². The second-order valence-corrected chi connectivity index (χ2v) is 4.58. The van der Waals surface area contributed by atoms with Gasteiger partial charge >= 0.3 is 6.92 Å². The van der Waals surface area contributed by atoms with Crippen LogP contribution in [0.25, 0.3) is 0 Å². The van der Waals surface area contributed by atoms with Crippen LogP contribution in [0.3, 0.4) is 0 Å². The minimum Gasteiger partial charge on any atom is -0.426 e. The van der Waals surface area contributed by atoms with Gasteiger partial charge in [0, 0.05) is 20.3 Å². The van der Waals surface area contributed by atoms with Crippen LogP contribution in [0.5, 0.6) is 0 Å². The molecule has 0 spiro atoms. The third-order valence-corrected chi connectivity index (χ3v) is 3.14. The zero-order valence-electron chi connectivity index (χ0n) is 11.8. The van der Waals surface area contributed by atoms with Gasteiger partial charge in [0.15, 0.2) is 0 Å². The number of ether oxygens (including phenoxy) is 1. The van der Waals surface area contributed by atoms with Crippen molar-refractivity contribution in [2.75, 3.05) is 20.3 Å². The van der Waals surface area contributed by atoms with Crippen molar-refractivity contribution in [1.82, 2.24) is 0 Å². The van der Waals surface area contributed by atoms with Gasteiger partial charge in [-0.05, 0) is 16.5 Å². The number of hydrogen-bond donors (Lipinski definition) is 1. The Balaban J connectivity index is 2.36. The van der Waals surface area contributed by atoms with Crippen LogP contribution < -0.4 is 16.7 Å². The zero-order chi connectivity index (χ0) is 14.2. The maximum Gasteiger partial charge on any atom is 0.362 e. The van der Waals surface area contributed by atoms with Crippen LogP contribution in [-0.4, -0.2) is 27.2 Å². The molecule has 0 fully saturated rings. The Morgan fingerprint density at radius 2 is 1.70 bits per heavy atom. The van der Waals surface area contributed by atoms with E-state index in [4.69, 9.17) is 15.1 Å². The molecule has 104 valence electrons. The molecular formula is C16H20BNO2. The van der Waals surface area contributed by atoms with Crippen LogP contribution in [0.1, 0.15) is 5.56 Å². The summed E-state index contributed by atoms with van der Waals surface area (Å²) in [6, 6.07) is 18.4. The van der Waals surface area contributed by atoms with E-state index in [0.29, 0.717) is 19.8 Å². The van der Waals surface area contributed by atoms with Crippen molar-refractivity contribution in [1.29, 1.82) is 0 Å². The predicted octanol–water partition coefficient (Wildman–Crippen LogP) is 0.914. The summed E-state index contributed by atoms with van der Waals surface area (Å²) in [7, 11) is 1.70. The smallest absolute Gasteiger partial charge is 0.362 e. The summed E-state index contributed by atoms with van der Waals surface area (Å²) in [5, 5.41) is 0. The summed E-state index contributed by atoms with van der Waals surface area (Å²) in [4.78, 5) is 0. The van der Waals surface area contributed by atoms with Crippen LogP contribution in [0.4, 0.5) is 0 Å². The van der Waals surface area contributed by atoms with Crippen LogP contribution in [0.15, 0.2) is 54.6 Å². The second kappa shape index (κ2) is 7.85. The largest absolute Gasteiger partial charge is 0.426 e. The van der Waals surface area contributed by atoms with Gasteiger partial charge in [-0.2, -0.15) is 0 Å². The van der Waals surface area contributed by atoms with Crippen LogP contribution in [0.2, 0.25) is 0 Å². The third kappa shape index (κ3) is 3.70. The van der Waals surface area contributed by atoms with Crippen molar-refractivity contribution in [3.05, 3.63) is 60.2 Å². The first-order chi connectivity index (χ1) is 9.86. The normalized spacial score (nSPS) is 10.5. The summed E-state index contributed by atoms with van der Waals surface area (Å²) >= 11 is 0. The molecule has 3 nitrogen and oxygen atoms in total. The number of hydrogen-bond acceptors (Lipinski definition) is 3. The molecule has 0 aliphatic carbocycles. The molecule has 2 aromatic carbocycles. The molecule has 2 rings (SSSR count). The van der Waals surface area contributed by atoms with E-state index in [-0.39, 0.29) is 6.92 Å². The molecule has 0 amide bonds. The van der Waals surface area contributed by atoms with Crippen molar-refractivity contribution in [2.45, 2.75) is 6.61 Å². The standard InChI is InChI=1S/C16H20BNO2/c1-19-13-14-7-5-6-10-16(14)17(20-12-11-18)15-8-3-2-4-9-15/h2-10H,11-13,18H2,1H3. The molecule has 0 radical (unpaired) electrons. The van der Waals surface area contributed by atoms with E-state index in [9.17, 15) is 0 Å². The molecule has 0 saturated heterocycles. The van der Waals surface area contributed by atoms with Gasteiger partial charge < -0.3 is 15.1 Å². The molecule has 0 bridgehead atoms. The van der Waals surface area contributed by atoms with Crippen LogP contribution in [-0.2, 0) is 16.0 Å².